The van der Waals surface area contributed by atoms with E-state index in [1.165, 1.54) is 76.8 Å². The van der Waals surface area contributed by atoms with E-state index in [0.717, 1.165) is 17.1 Å². The van der Waals surface area contributed by atoms with E-state index in [2.05, 4.69) is 230 Å². The molecule has 0 bridgehead atoms. The fourth-order valence-electron chi connectivity index (χ4n) is 9.38. The normalized spacial score (nSPS) is 14.7. The van der Waals surface area contributed by atoms with Crippen LogP contribution in [0.3, 0.4) is 0 Å². The fourth-order valence-corrected chi connectivity index (χ4v) is 9.38. The second-order valence-electron chi connectivity index (χ2n) is 14.8. The van der Waals surface area contributed by atoms with Crippen LogP contribution >= 0.6 is 0 Å². The van der Waals surface area contributed by atoms with Crippen LogP contribution in [0.2, 0.25) is 0 Å². The predicted molar refractivity (Wildman–Crippen MR) is 243 cm³/mol. The predicted octanol–water partition coefficient (Wildman–Crippen LogP) is 14.8. The Labute approximate surface area is 334 Å². The lowest BCUT2D eigenvalue weighted by atomic mass is 9.67. The number of hydrogen-bond acceptors (Lipinski definition) is 1. The van der Waals surface area contributed by atoms with Crippen LogP contribution < -0.4 is 4.90 Å². The SMILES string of the molecule is C=C(/C=C1\C(=C/C)c2ccccc2C1(c1ccccc1)c1ccccc1)N(c1ccc(-c2ccccc2)cc1)c1ccc2c3ccccc3c3ccccc3c2c1. The first-order chi connectivity index (χ1) is 28.2. The Hall–Kier alpha value is -7.22. The van der Waals surface area contributed by atoms with Crippen LogP contribution in [0.25, 0.3) is 49.0 Å². The van der Waals surface area contributed by atoms with Gasteiger partial charge in [-0.1, -0.05) is 195 Å². The summed E-state index contributed by atoms with van der Waals surface area (Å²) in [7, 11) is 0. The molecule has 1 aliphatic carbocycles. The van der Waals surface area contributed by atoms with E-state index < -0.39 is 5.41 Å². The summed E-state index contributed by atoms with van der Waals surface area (Å²) >= 11 is 0. The molecular formula is C56H41N. The number of hydrogen-bond donors (Lipinski definition) is 0. The fraction of sp³-hybridized carbons (Fsp3) is 0.0357. The molecule has 9 aromatic rings. The highest BCUT2D eigenvalue weighted by atomic mass is 15.1. The number of rotatable bonds is 7. The van der Waals surface area contributed by atoms with Crippen molar-refractivity contribution in [2.75, 3.05) is 4.90 Å². The maximum Gasteiger partial charge on any atom is 0.0714 e. The summed E-state index contributed by atoms with van der Waals surface area (Å²) in [6.45, 7) is 7.11. The Morgan fingerprint density at radius 1 is 0.456 bits per heavy atom. The number of nitrogens with zero attached hydrogens (tertiary/aromatic N) is 1. The van der Waals surface area contributed by atoms with Crippen molar-refractivity contribution >= 4 is 49.3 Å². The maximum atomic E-state index is 4.95. The molecule has 0 atom stereocenters. The van der Waals surface area contributed by atoms with Gasteiger partial charge in [0.05, 0.1) is 5.41 Å². The molecule has 1 heteroatoms. The standard InChI is InChI=1S/C56H41N/c1-3-46-52-29-17-18-30-54(52)56(42-21-9-5-10-22-42,43-23-11-6-12-24-43)55(46)37-39(2)57(44-33-31-41(32-34-44)40-19-7-4-8-20-40)45-35-36-51-49-27-14-13-25-47(49)48-26-15-16-28-50(48)53(51)38-45/h3-38H,2H2,1H3/b46-3-,55-37+. The van der Waals surface area contributed by atoms with E-state index in [0.29, 0.717) is 0 Å². The molecule has 270 valence electrons. The van der Waals surface area contributed by atoms with Crippen molar-refractivity contribution in [3.63, 3.8) is 0 Å². The number of fused-ring (bicyclic) bond motifs is 7. The molecule has 0 N–H and O–H groups in total. The highest BCUT2D eigenvalue weighted by Gasteiger charge is 2.48. The van der Waals surface area contributed by atoms with Crippen LogP contribution in [0.4, 0.5) is 11.4 Å². The van der Waals surface area contributed by atoms with E-state index in [1.54, 1.807) is 0 Å². The lowest BCUT2D eigenvalue weighted by molar-refractivity contribution is 0.768. The molecule has 0 radical (unpaired) electrons. The zero-order valence-electron chi connectivity index (χ0n) is 31.9. The van der Waals surface area contributed by atoms with Gasteiger partial charge in [-0.2, -0.15) is 0 Å². The molecule has 1 aliphatic rings. The molecule has 1 nitrogen and oxygen atoms in total. The zero-order chi connectivity index (χ0) is 38.3. The van der Waals surface area contributed by atoms with Crippen molar-refractivity contribution in [2.45, 2.75) is 12.3 Å². The van der Waals surface area contributed by atoms with Crippen LogP contribution in [0.1, 0.15) is 29.2 Å². The van der Waals surface area contributed by atoms with Crippen molar-refractivity contribution in [3.8, 4) is 11.1 Å². The summed E-state index contributed by atoms with van der Waals surface area (Å²) in [4.78, 5) is 2.34. The van der Waals surface area contributed by atoms with Gasteiger partial charge in [0.25, 0.3) is 0 Å². The molecule has 0 unspecified atom stereocenters. The van der Waals surface area contributed by atoms with Crippen LogP contribution in [0.15, 0.2) is 236 Å². The van der Waals surface area contributed by atoms with Gasteiger partial charge in [-0.3, -0.25) is 0 Å². The summed E-state index contributed by atoms with van der Waals surface area (Å²) in [5, 5.41) is 7.49. The average molecular weight is 728 g/mol. The molecule has 0 aliphatic heterocycles. The largest absolute Gasteiger partial charge is 0.311 e. The third kappa shape index (κ3) is 5.54. The molecule has 0 amide bonds. The molecule has 0 saturated carbocycles. The molecule has 57 heavy (non-hydrogen) atoms. The first kappa shape index (κ1) is 34.3. The van der Waals surface area contributed by atoms with E-state index in [9.17, 15) is 0 Å². The van der Waals surface area contributed by atoms with Crippen LogP contribution in [0, 0.1) is 0 Å². The van der Waals surface area contributed by atoms with Gasteiger partial charge >= 0.3 is 0 Å². The minimum atomic E-state index is -0.564. The molecule has 0 spiro atoms. The Morgan fingerprint density at radius 3 is 1.49 bits per heavy atom. The Morgan fingerprint density at radius 2 is 0.912 bits per heavy atom. The first-order valence-corrected chi connectivity index (χ1v) is 19.7. The van der Waals surface area contributed by atoms with Crippen molar-refractivity contribution < 1.29 is 0 Å². The monoisotopic (exact) mass is 727 g/mol. The zero-order valence-corrected chi connectivity index (χ0v) is 31.9. The average Bonchev–Trinajstić information content (AvgIpc) is 3.57. The van der Waals surface area contributed by atoms with Crippen LogP contribution in [0.5, 0.6) is 0 Å². The van der Waals surface area contributed by atoms with E-state index in [1.807, 2.05) is 0 Å². The lowest BCUT2D eigenvalue weighted by Gasteiger charge is -2.35. The minimum Gasteiger partial charge on any atom is -0.311 e. The third-order valence-corrected chi connectivity index (χ3v) is 11.8. The van der Waals surface area contributed by atoms with Gasteiger partial charge in [-0.05, 0) is 114 Å². The third-order valence-electron chi connectivity index (χ3n) is 11.8. The molecule has 9 aromatic carbocycles. The Kier molecular flexibility index (Phi) is 8.50. The topological polar surface area (TPSA) is 3.24 Å². The van der Waals surface area contributed by atoms with E-state index in [4.69, 9.17) is 6.58 Å². The van der Waals surface area contributed by atoms with Crippen molar-refractivity contribution in [3.05, 3.63) is 259 Å². The molecule has 0 heterocycles. The van der Waals surface area contributed by atoms with Gasteiger partial charge < -0.3 is 4.90 Å². The lowest BCUT2D eigenvalue weighted by Crippen LogP contribution is -2.29. The number of benzene rings is 9. The maximum absolute atomic E-state index is 4.95. The molecular weight excluding hydrogens is 687 g/mol. The van der Waals surface area contributed by atoms with Gasteiger partial charge in [0.1, 0.15) is 0 Å². The Balaban J connectivity index is 1.23. The van der Waals surface area contributed by atoms with Crippen molar-refractivity contribution in [2.24, 2.45) is 0 Å². The summed E-state index contributed by atoms with van der Waals surface area (Å²) < 4.78 is 0. The van der Waals surface area contributed by atoms with E-state index in [-0.39, 0.29) is 0 Å². The van der Waals surface area contributed by atoms with Gasteiger partial charge in [0, 0.05) is 17.1 Å². The number of anilines is 2. The van der Waals surface area contributed by atoms with Crippen molar-refractivity contribution in [1.29, 1.82) is 0 Å². The van der Waals surface area contributed by atoms with Crippen LogP contribution in [-0.2, 0) is 5.41 Å². The highest BCUT2D eigenvalue weighted by molar-refractivity contribution is 6.25. The van der Waals surface area contributed by atoms with Gasteiger partial charge in [0.15, 0.2) is 0 Å². The summed E-state index contributed by atoms with van der Waals surface area (Å²) in [5.74, 6) is 0. The van der Waals surface area contributed by atoms with Crippen molar-refractivity contribution in [1.82, 2.24) is 0 Å². The summed E-state index contributed by atoms with van der Waals surface area (Å²) in [6.07, 6.45) is 4.63. The first-order valence-electron chi connectivity index (χ1n) is 19.7. The van der Waals surface area contributed by atoms with Gasteiger partial charge in [0.2, 0.25) is 0 Å². The summed E-state index contributed by atoms with van der Waals surface area (Å²) in [6, 6.07) is 74.8. The second kappa shape index (κ2) is 14.1. The second-order valence-corrected chi connectivity index (χ2v) is 14.8. The summed E-state index contributed by atoms with van der Waals surface area (Å²) in [5.41, 5.74) is 12.2. The molecule has 10 rings (SSSR count). The number of allylic oxidation sites excluding steroid dienone is 4. The minimum absolute atomic E-state index is 0.564. The quantitative estimate of drug-likeness (QED) is 0.148. The molecule has 0 fully saturated rings. The molecule has 0 saturated heterocycles. The Bertz CT molecular complexity index is 2930. The van der Waals surface area contributed by atoms with Gasteiger partial charge in [-0.25, -0.2) is 0 Å². The highest BCUT2D eigenvalue weighted by Crippen LogP contribution is 2.57. The van der Waals surface area contributed by atoms with E-state index >= 15 is 0 Å². The molecule has 0 aromatic heterocycles. The van der Waals surface area contributed by atoms with Gasteiger partial charge in [-0.15, -0.1) is 0 Å². The van der Waals surface area contributed by atoms with Crippen LogP contribution in [-0.4, -0.2) is 0 Å². The smallest absolute Gasteiger partial charge is 0.0714 e.